The van der Waals surface area contributed by atoms with E-state index < -0.39 is 18.5 Å². The molecule has 0 atom stereocenters. The number of carboxylic acid groups (broad SMARTS) is 2. The summed E-state index contributed by atoms with van der Waals surface area (Å²) < 4.78 is 7.61. The molecule has 1 fully saturated rings. The normalized spacial score (nSPS) is 14.5. The number of thiophene rings is 2. The highest BCUT2D eigenvalue weighted by Gasteiger charge is 2.28. The zero-order valence-corrected chi connectivity index (χ0v) is 19.2. The molecule has 0 spiro atoms. The zero-order valence-electron chi connectivity index (χ0n) is 17.6. The van der Waals surface area contributed by atoms with Gasteiger partial charge in [-0.3, -0.25) is 4.90 Å². The Hall–Kier alpha value is -2.85. The second kappa shape index (κ2) is 9.33. The Morgan fingerprint density at radius 2 is 1.88 bits per heavy atom. The van der Waals surface area contributed by atoms with Gasteiger partial charge in [-0.15, -0.1) is 22.7 Å². The third-order valence-electron chi connectivity index (χ3n) is 5.54. The van der Waals surface area contributed by atoms with E-state index in [1.165, 1.54) is 17.8 Å². The summed E-state index contributed by atoms with van der Waals surface area (Å²) >= 11 is 2.43. The van der Waals surface area contributed by atoms with Crippen molar-refractivity contribution in [3.05, 3.63) is 23.1 Å². The number of nitrogens with zero attached hydrogens (tertiary/aromatic N) is 1. The van der Waals surface area contributed by atoms with Gasteiger partial charge in [-0.1, -0.05) is 25.3 Å². The lowest BCUT2D eigenvalue weighted by Crippen LogP contribution is -2.47. The van der Waals surface area contributed by atoms with E-state index in [0.717, 1.165) is 57.5 Å². The van der Waals surface area contributed by atoms with Crippen LogP contribution in [0.5, 0.6) is 5.75 Å². The largest absolute Gasteiger partial charge is 0.479 e. The average Bonchev–Trinajstić information content (AvgIpc) is 3.29. The van der Waals surface area contributed by atoms with Crippen LogP contribution in [0.3, 0.4) is 0 Å². The maximum atomic E-state index is 12.9. The minimum atomic E-state index is -1.17. The smallest absolute Gasteiger partial charge is 0.349 e. The number of hydrogen-bond acceptors (Lipinski definition) is 6. The molecule has 3 N–H and O–H groups in total. The Morgan fingerprint density at radius 3 is 2.53 bits per heavy atom. The first-order valence-corrected chi connectivity index (χ1v) is 12.2. The van der Waals surface area contributed by atoms with E-state index in [9.17, 15) is 19.5 Å². The number of ether oxygens (including phenoxy) is 1. The lowest BCUT2D eigenvalue weighted by Gasteiger charge is -2.34. The molecule has 170 valence electrons. The fourth-order valence-corrected chi connectivity index (χ4v) is 6.72. The van der Waals surface area contributed by atoms with Gasteiger partial charge in [-0.2, -0.15) is 0 Å². The minimum Gasteiger partial charge on any atom is -0.479 e. The van der Waals surface area contributed by atoms with E-state index in [-0.39, 0.29) is 22.7 Å². The second-order valence-corrected chi connectivity index (χ2v) is 9.76. The summed E-state index contributed by atoms with van der Waals surface area (Å²) in [5.74, 6) is -2.23. The fraction of sp³-hybridized carbons (Fsp3) is 0.409. The summed E-state index contributed by atoms with van der Waals surface area (Å²) in [5.41, 5.74) is 0.802. The van der Waals surface area contributed by atoms with Gasteiger partial charge in [0, 0.05) is 28.4 Å². The molecule has 1 saturated carbocycles. The zero-order chi connectivity index (χ0) is 22.8. The molecule has 10 heteroatoms. The molecular formula is C22H24N2O6S2. The average molecular weight is 477 g/mol. The summed E-state index contributed by atoms with van der Waals surface area (Å²) in [4.78, 5) is 37.4. The van der Waals surface area contributed by atoms with Crippen LogP contribution < -0.4 is 15.0 Å². The first-order chi connectivity index (χ1) is 15.4. The third-order valence-corrected chi connectivity index (χ3v) is 8.02. The van der Waals surface area contributed by atoms with Gasteiger partial charge in [0.15, 0.2) is 17.2 Å². The number of benzene rings is 1. The molecule has 1 aromatic carbocycles. The van der Waals surface area contributed by atoms with Crippen molar-refractivity contribution in [2.45, 2.75) is 45.1 Å². The number of carboxylic acids is 2. The van der Waals surface area contributed by atoms with Crippen LogP contribution in [-0.2, 0) is 4.79 Å². The Bertz CT molecular complexity index is 1180. The minimum absolute atomic E-state index is 0.00960. The predicted octanol–water partition coefficient (Wildman–Crippen LogP) is 5.15. The van der Waals surface area contributed by atoms with Gasteiger partial charge in [0.25, 0.3) is 0 Å². The number of fused-ring (bicyclic) bond motifs is 3. The van der Waals surface area contributed by atoms with Crippen LogP contribution in [0.1, 0.15) is 48.7 Å². The number of anilines is 1. The van der Waals surface area contributed by atoms with Crippen molar-refractivity contribution in [2.24, 2.45) is 0 Å². The summed E-state index contributed by atoms with van der Waals surface area (Å²) in [6.07, 6.45) is 5.30. The van der Waals surface area contributed by atoms with Gasteiger partial charge in [0.05, 0.1) is 9.40 Å². The fourth-order valence-electron chi connectivity index (χ4n) is 4.19. The van der Waals surface area contributed by atoms with Crippen molar-refractivity contribution in [1.82, 2.24) is 5.32 Å². The van der Waals surface area contributed by atoms with Gasteiger partial charge in [-0.05, 0) is 31.9 Å². The van der Waals surface area contributed by atoms with Crippen LogP contribution in [0.2, 0.25) is 0 Å². The number of aliphatic carboxylic acids is 1. The summed E-state index contributed by atoms with van der Waals surface area (Å²) in [6, 6.07) is 5.79. The van der Waals surface area contributed by atoms with Crippen molar-refractivity contribution >= 4 is 65.8 Å². The standard InChI is InChI=1S/C22H24N2O6S2/c1-2-23-22(29)24(12-6-4-3-5-7-12)13-8-9-14-15(10-13)31-19-17(30-11-16(25)26)20(21(27)28)32-18(14)19/h8-10,12H,2-7,11H2,1H3,(H,23,29)(H,25,26)(H,27,28). The van der Waals surface area contributed by atoms with Crippen LogP contribution in [0.25, 0.3) is 19.5 Å². The van der Waals surface area contributed by atoms with E-state index in [4.69, 9.17) is 9.84 Å². The molecule has 0 saturated heterocycles. The molecule has 1 aliphatic rings. The van der Waals surface area contributed by atoms with Crippen LogP contribution in [0, 0.1) is 0 Å². The van der Waals surface area contributed by atoms with Crippen LogP contribution >= 0.6 is 22.7 Å². The number of amides is 2. The molecule has 4 rings (SSSR count). The highest BCUT2D eigenvalue weighted by molar-refractivity contribution is 7.34. The molecule has 8 nitrogen and oxygen atoms in total. The lowest BCUT2D eigenvalue weighted by atomic mass is 9.94. The molecular weight excluding hydrogens is 452 g/mol. The van der Waals surface area contributed by atoms with E-state index in [2.05, 4.69) is 5.32 Å². The Morgan fingerprint density at radius 1 is 1.12 bits per heavy atom. The Balaban J connectivity index is 1.78. The first-order valence-electron chi connectivity index (χ1n) is 10.5. The Kier molecular flexibility index (Phi) is 6.52. The van der Waals surface area contributed by atoms with Crippen LogP contribution in [-0.4, -0.2) is 47.4 Å². The Labute approximate surface area is 192 Å². The summed E-state index contributed by atoms with van der Waals surface area (Å²) in [6.45, 7) is 1.83. The van der Waals surface area contributed by atoms with Crippen molar-refractivity contribution in [2.75, 3.05) is 18.1 Å². The number of aromatic carboxylic acids is 1. The maximum Gasteiger partial charge on any atom is 0.349 e. The van der Waals surface area contributed by atoms with Gasteiger partial charge >= 0.3 is 18.0 Å². The molecule has 0 bridgehead atoms. The number of carbonyl (C=O) groups excluding carboxylic acids is 1. The van der Waals surface area contributed by atoms with Gasteiger partial charge in [0.2, 0.25) is 0 Å². The number of nitrogens with one attached hydrogen (secondary N) is 1. The van der Waals surface area contributed by atoms with Crippen molar-refractivity contribution < 1.29 is 29.3 Å². The van der Waals surface area contributed by atoms with Gasteiger partial charge < -0.3 is 20.3 Å². The molecule has 2 heterocycles. The maximum absolute atomic E-state index is 12.9. The molecule has 1 aliphatic carbocycles. The monoisotopic (exact) mass is 476 g/mol. The van der Waals surface area contributed by atoms with Crippen molar-refractivity contribution in [3.8, 4) is 5.75 Å². The molecule has 0 aliphatic heterocycles. The highest BCUT2D eigenvalue weighted by atomic mass is 32.1. The quantitative estimate of drug-likeness (QED) is 0.434. The number of urea groups is 1. The predicted molar refractivity (Wildman–Crippen MR) is 126 cm³/mol. The number of hydrogen-bond donors (Lipinski definition) is 3. The lowest BCUT2D eigenvalue weighted by molar-refractivity contribution is -0.139. The molecule has 2 amide bonds. The second-order valence-electron chi connectivity index (χ2n) is 7.69. The van der Waals surface area contributed by atoms with Crippen molar-refractivity contribution in [1.29, 1.82) is 0 Å². The number of rotatable bonds is 7. The van der Waals surface area contributed by atoms with E-state index in [1.807, 2.05) is 30.0 Å². The third kappa shape index (κ3) is 4.24. The van der Waals surface area contributed by atoms with E-state index in [0.29, 0.717) is 11.2 Å². The molecule has 2 aromatic heterocycles. The van der Waals surface area contributed by atoms with Gasteiger partial charge in [0.1, 0.15) is 0 Å². The first kappa shape index (κ1) is 22.3. The topological polar surface area (TPSA) is 116 Å². The number of carbonyl (C=O) groups is 3. The summed E-state index contributed by atoms with van der Waals surface area (Å²) in [7, 11) is 0. The van der Waals surface area contributed by atoms with Crippen LogP contribution in [0.15, 0.2) is 18.2 Å². The molecule has 3 aromatic rings. The van der Waals surface area contributed by atoms with Gasteiger partial charge in [-0.25, -0.2) is 14.4 Å². The van der Waals surface area contributed by atoms with E-state index in [1.54, 1.807) is 0 Å². The highest BCUT2D eigenvalue weighted by Crippen LogP contribution is 2.48. The molecule has 0 radical (unpaired) electrons. The SMILES string of the molecule is CCNC(=O)N(c1ccc2c(c1)sc1c(OCC(=O)O)c(C(=O)O)sc12)C1CCCCC1. The molecule has 32 heavy (non-hydrogen) atoms. The van der Waals surface area contributed by atoms with Crippen LogP contribution in [0.4, 0.5) is 10.5 Å². The van der Waals surface area contributed by atoms with Crippen molar-refractivity contribution in [3.63, 3.8) is 0 Å². The summed E-state index contributed by atoms with van der Waals surface area (Å²) in [5, 5.41) is 22.3. The molecule has 0 unspecified atom stereocenters. The van der Waals surface area contributed by atoms with E-state index >= 15 is 0 Å².